The molecular weight excluding hydrogens is 312 g/mol. The normalized spacial score (nSPS) is 14.7. The van der Waals surface area contributed by atoms with Gasteiger partial charge in [0.25, 0.3) is 0 Å². The lowest BCUT2D eigenvalue weighted by Crippen LogP contribution is -2.35. The van der Waals surface area contributed by atoms with E-state index in [-0.39, 0.29) is 0 Å². The van der Waals surface area contributed by atoms with E-state index in [4.69, 9.17) is 31.2 Å². The molecule has 0 saturated heterocycles. The second kappa shape index (κ2) is 15.2. The Labute approximate surface area is 150 Å². The number of nitrogens with zero attached hydrogens (tertiary/aromatic N) is 1. The Hall–Kier alpha value is 0.605. The van der Waals surface area contributed by atoms with Crippen LogP contribution in [0.3, 0.4) is 0 Å². The molecule has 0 aromatic rings. The van der Waals surface area contributed by atoms with E-state index in [2.05, 4.69) is 20.8 Å². The summed E-state index contributed by atoms with van der Waals surface area (Å²) in [5, 5.41) is 0. The van der Waals surface area contributed by atoms with Gasteiger partial charge in [0.1, 0.15) is 0 Å². The third kappa shape index (κ3) is 13.1. The summed E-state index contributed by atoms with van der Waals surface area (Å²) in [5.74, 6) is 3.00. The van der Waals surface area contributed by atoms with Crippen LogP contribution in [-0.2, 0) is 0 Å². The minimum Gasteiger partial charge on any atom is -0.350 e. The standard InChI is InChI=1S/C18H36BCl2N/c1-16(2)8-7-9-17(3)11-12-18(22(19)15-14-21)10-5-4-6-13-20/h16-18H,4-15H2,1-3H3. The van der Waals surface area contributed by atoms with E-state index in [9.17, 15) is 0 Å². The van der Waals surface area contributed by atoms with Crippen LogP contribution in [0, 0.1) is 11.8 Å². The van der Waals surface area contributed by atoms with Gasteiger partial charge in [0, 0.05) is 18.3 Å². The molecule has 0 amide bonds. The second-order valence-electron chi connectivity index (χ2n) is 7.13. The fourth-order valence-electron chi connectivity index (χ4n) is 2.90. The van der Waals surface area contributed by atoms with Crippen LogP contribution >= 0.6 is 23.2 Å². The largest absolute Gasteiger partial charge is 0.350 e. The first-order chi connectivity index (χ1) is 10.5. The third-order valence-corrected chi connectivity index (χ3v) is 4.89. The van der Waals surface area contributed by atoms with Crippen molar-refractivity contribution in [1.82, 2.24) is 4.81 Å². The number of hydrogen-bond donors (Lipinski definition) is 0. The lowest BCUT2D eigenvalue weighted by Gasteiger charge is -2.29. The third-order valence-electron chi connectivity index (χ3n) is 4.45. The molecule has 0 aliphatic carbocycles. The van der Waals surface area contributed by atoms with Gasteiger partial charge in [-0.1, -0.05) is 52.9 Å². The fourth-order valence-corrected chi connectivity index (χ4v) is 3.29. The van der Waals surface area contributed by atoms with Crippen LogP contribution in [0.1, 0.15) is 78.6 Å². The summed E-state index contributed by atoms with van der Waals surface area (Å²) in [6, 6.07) is 0.474. The molecule has 0 fully saturated rings. The van der Waals surface area contributed by atoms with Crippen molar-refractivity contribution in [2.45, 2.75) is 84.6 Å². The van der Waals surface area contributed by atoms with E-state index in [1.807, 2.05) is 4.81 Å². The number of hydrogen-bond acceptors (Lipinski definition) is 1. The minimum atomic E-state index is 0.474. The molecule has 2 atom stereocenters. The highest BCUT2D eigenvalue weighted by Gasteiger charge is 2.15. The van der Waals surface area contributed by atoms with E-state index in [0.717, 1.165) is 30.7 Å². The maximum absolute atomic E-state index is 6.19. The van der Waals surface area contributed by atoms with Crippen LogP contribution in [0.2, 0.25) is 0 Å². The van der Waals surface area contributed by atoms with Crippen LogP contribution in [0.4, 0.5) is 0 Å². The first-order valence-corrected chi connectivity index (χ1v) is 10.2. The SMILES string of the molecule is [B]N(CCCl)C(CCCCCCl)CCC(C)CCCC(C)C. The summed E-state index contributed by atoms with van der Waals surface area (Å²) in [6.07, 6.45) is 11.2. The molecule has 0 aromatic heterocycles. The second-order valence-corrected chi connectivity index (χ2v) is 7.88. The van der Waals surface area contributed by atoms with Crippen LogP contribution in [0.15, 0.2) is 0 Å². The molecule has 0 bridgehead atoms. The van der Waals surface area contributed by atoms with Crippen molar-refractivity contribution < 1.29 is 0 Å². The molecular formula is C18H36BCl2N. The van der Waals surface area contributed by atoms with Gasteiger partial charge < -0.3 is 4.81 Å². The van der Waals surface area contributed by atoms with Crippen molar-refractivity contribution in [3.63, 3.8) is 0 Å². The first-order valence-electron chi connectivity index (χ1n) is 9.14. The van der Waals surface area contributed by atoms with E-state index >= 15 is 0 Å². The van der Waals surface area contributed by atoms with Gasteiger partial charge in [-0.15, -0.1) is 23.2 Å². The van der Waals surface area contributed by atoms with Gasteiger partial charge >= 0.3 is 0 Å². The van der Waals surface area contributed by atoms with Gasteiger partial charge in [-0.25, -0.2) is 0 Å². The maximum atomic E-state index is 6.19. The molecule has 0 spiro atoms. The van der Waals surface area contributed by atoms with Crippen molar-refractivity contribution in [2.75, 3.05) is 18.3 Å². The Bertz CT molecular complexity index is 239. The predicted molar refractivity (Wildman–Crippen MR) is 103 cm³/mol. The number of halogens is 2. The lowest BCUT2D eigenvalue weighted by atomic mass is 9.91. The Morgan fingerprint density at radius 1 is 0.773 bits per heavy atom. The minimum absolute atomic E-state index is 0.474. The Balaban J connectivity index is 4.03. The molecule has 0 heterocycles. The number of alkyl halides is 2. The zero-order chi connectivity index (χ0) is 16.8. The van der Waals surface area contributed by atoms with Gasteiger partial charge in [-0.3, -0.25) is 0 Å². The monoisotopic (exact) mass is 347 g/mol. The summed E-state index contributed by atoms with van der Waals surface area (Å²) >= 11 is 11.6. The van der Waals surface area contributed by atoms with E-state index in [1.165, 1.54) is 51.4 Å². The van der Waals surface area contributed by atoms with E-state index in [0.29, 0.717) is 11.9 Å². The van der Waals surface area contributed by atoms with Crippen molar-refractivity contribution in [3.8, 4) is 0 Å². The summed E-state index contributed by atoms with van der Waals surface area (Å²) < 4.78 is 0. The van der Waals surface area contributed by atoms with Crippen molar-refractivity contribution in [1.29, 1.82) is 0 Å². The lowest BCUT2D eigenvalue weighted by molar-refractivity contribution is 0.283. The van der Waals surface area contributed by atoms with E-state index < -0.39 is 0 Å². The molecule has 0 aromatic carbocycles. The van der Waals surface area contributed by atoms with Crippen LogP contribution < -0.4 is 0 Å². The van der Waals surface area contributed by atoms with Crippen LogP contribution in [0.5, 0.6) is 0 Å². The smallest absolute Gasteiger partial charge is 0.182 e. The molecule has 4 heteroatoms. The number of rotatable bonds is 15. The quantitative estimate of drug-likeness (QED) is 0.199. The molecule has 22 heavy (non-hydrogen) atoms. The van der Waals surface area contributed by atoms with Gasteiger partial charge in [-0.2, -0.15) is 0 Å². The average Bonchev–Trinajstić information content (AvgIpc) is 2.46. The summed E-state index contributed by atoms with van der Waals surface area (Å²) in [4.78, 5) is 1.97. The zero-order valence-electron chi connectivity index (χ0n) is 15.0. The molecule has 0 saturated carbocycles. The van der Waals surface area contributed by atoms with Gasteiger partial charge in [0.05, 0.1) is 0 Å². The Kier molecular flexibility index (Phi) is 15.6. The first kappa shape index (κ1) is 22.6. The highest BCUT2D eigenvalue weighted by molar-refractivity contribution is 6.18. The Morgan fingerprint density at radius 3 is 2.09 bits per heavy atom. The molecule has 0 aliphatic rings. The molecule has 130 valence electrons. The van der Waals surface area contributed by atoms with Crippen molar-refractivity contribution >= 4 is 31.2 Å². The van der Waals surface area contributed by atoms with Crippen molar-refractivity contribution in [2.24, 2.45) is 11.8 Å². The fraction of sp³-hybridized carbons (Fsp3) is 1.00. The molecule has 0 aliphatic heterocycles. The zero-order valence-corrected chi connectivity index (χ0v) is 16.5. The van der Waals surface area contributed by atoms with Gasteiger partial charge in [0.2, 0.25) is 0 Å². The maximum Gasteiger partial charge on any atom is 0.182 e. The Morgan fingerprint density at radius 2 is 1.50 bits per heavy atom. The van der Waals surface area contributed by atoms with E-state index in [1.54, 1.807) is 0 Å². The highest BCUT2D eigenvalue weighted by atomic mass is 35.5. The summed E-state index contributed by atoms with van der Waals surface area (Å²) in [6.45, 7) is 7.77. The predicted octanol–water partition coefficient (Wildman–Crippen LogP) is 6.02. The average molecular weight is 348 g/mol. The molecule has 2 radical (unpaired) electrons. The number of unbranched alkanes of at least 4 members (excludes halogenated alkanes) is 2. The topological polar surface area (TPSA) is 3.24 Å². The molecule has 1 nitrogen and oxygen atoms in total. The molecule has 2 unspecified atom stereocenters. The van der Waals surface area contributed by atoms with Crippen LogP contribution in [-0.4, -0.2) is 37.1 Å². The summed E-state index contributed by atoms with van der Waals surface area (Å²) in [7, 11) is 6.19. The van der Waals surface area contributed by atoms with Gasteiger partial charge in [-0.05, 0) is 43.6 Å². The summed E-state index contributed by atoms with van der Waals surface area (Å²) in [5.41, 5.74) is 0. The van der Waals surface area contributed by atoms with Crippen LogP contribution in [0.25, 0.3) is 0 Å². The van der Waals surface area contributed by atoms with Crippen molar-refractivity contribution in [3.05, 3.63) is 0 Å². The molecule has 0 rings (SSSR count). The molecule has 0 N–H and O–H groups in total. The highest BCUT2D eigenvalue weighted by Crippen LogP contribution is 2.21. The van der Waals surface area contributed by atoms with Gasteiger partial charge in [0.15, 0.2) is 7.98 Å².